The summed E-state index contributed by atoms with van der Waals surface area (Å²) < 4.78 is 16.2. The molecule has 24 heavy (non-hydrogen) atoms. The lowest BCUT2D eigenvalue weighted by atomic mass is 10.3. The van der Waals surface area contributed by atoms with Crippen LogP contribution in [0.3, 0.4) is 0 Å². The Bertz CT molecular complexity index is 840. The number of hydrogen-bond acceptors (Lipinski definition) is 6. The SMILES string of the molecule is COc1ccccc1OCC(=O)Nc1nc(-c2ccc(C)o2)cs1. The average Bonchev–Trinajstić information content (AvgIpc) is 3.22. The van der Waals surface area contributed by atoms with Gasteiger partial charge in [0.15, 0.2) is 29.0 Å². The van der Waals surface area contributed by atoms with E-state index in [0.717, 1.165) is 5.76 Å². The minimum atomic E-state index is -0.294. The summed E-state index contributed by atoms with van der Waals surface area (Å²) in [6.07, 6.45) is 0. The number of anilines is 1. The monoisotopic (exact) mass is 344 g/mol. The van der Waals surface area contributed by atoms with Gasteiger partial charge in [-0.1, -0.05) is 12.1 Å². The van der Waals surface area contributed by atoms with Crippen LogP contribution in [-0.4, -0.2) is 24.6 Å². The van der Waals surface area contributed by atoms with Gasteiger partial charge in [0.2, 0.25) is 0 Å². The number of thiazole rings is 1. The first kappa shape index (κ1) is 16.1. The number of ether oxygens (including phenoxy) is 2. The molecule has 2 aromatic heterocycles. The normalized spacial score (nSPS) is 10.4. The van der Waals surface area contributed by atoms with E-state index in [1.54, 1.807) is 19.2 Å². The van der Waals surface area contributed by atoms with E-state index >= 15 is 0 Å². The molecule has 1 amide bonds. The Morgan fingerprint density at radius 1 is 1.25 bits per heavy atom. The number of para-hydroxylation sites is 2. The van der Waals surface area contributed by atoms with Crippen LogP contribution >= 0.6 is 11.3 Å². The molecule has 3 aromatic rings. The van der Waals surface area contributed by atoms with E-state index in [2.05, 4.69) is 10.3 Å². The third-order valence-electron chi connectivity index (χ3n) is 3.17. The zero-order chi connectivity index (χ0) is 16.9. The molecule has 3 rings (SSSR count). The molecule has 124 valence electrons. The number of hydrogen-bond donors (Lipinski definition) is 1. The molecular weight excluding hydrogens is 328 g/mol. The van der Waals surface area contributed by atoms with Crippen LogP contribution in [0.1, 0.15) is 5.76 Å². The van der Waals surface area contributed by atoms with Crippen LogP contribution < -0.4 is 14.8 Å². The molecule has 0 saturated carbocycles. The zero-order valence-corrected chi connectivity index (χ0v) is 14.1. The highest BCUT2D eigenvalue weighted by molar-refractivity contribution is 7.14. The average molecular weight is 344 g/mol. The molecule has 0 fully saturated rings. The molecule has 0 spiro atoms. The fraction of sp³-hybridized carbons (Fsp3) is 0.176. The largest absolute Gasteiger partial charge is 0.493 e. The summed E-state index contributed by atoms with van der Waals surface area (Å²) in [6, 6.07) is 10.9. The highest BCUT2D eigenvalue weighted by atomic mass is 32.1. The summed E-state index contributed by atoms with van der Waals surface area (Å²) in [4.78, 5) is 16.3. The van der Waals surface area contributed by atoms with Gasteiger partial charge in [0, 0.05) is 5.38 Å². The molecule has 2 heterocycles. The van der Waals surface area contributed by atoms with E-state index in [1.165, 1.54) is 11.3 Å². The Balaban J connectivity index is 1.58. The van der Waals surface area contributed by atoms with E-state index in [-0.39, 0.29) is 12.5 Å². The second-order valence-corrected chi connectivity index (χ2v) is 5.79. The Hall–Kier alpha value is -2.80. The summed E-state index contributed by atoms with van der Waals surface area (Å²) in [5.74, 6) is 2.29. The standard InChI is InChI=1S/C17H16N2O4S/c1-11-7-8-13(23-11)12-10-24-17(18-12)19-16(20)9-22-15-6-4-3-5-14(15)21-2/h3-8,10H,9H2,1-2H3,(H,18,19,20). The molecule has 0 saturated heterocycles. The minimum Gasteiger partial charge on any atom is -0.493 e. The Morgan fingerprint density at radius 2 is 2.04 bits per heavy atom. The topological polar surface area (TPSA) is 73.6 Å². The van der Waals surface area contributed by atoms with Crippen molar-refractivity contribution in [2.75, 3.05) is 19.0 Å². The first-order valence-corrected chi connectivity index (χ1v) is 8.11. The van der Waals surface area contributed by atoms with Crippen LogP contribution in [-0.2, 0) is 4.79 Å². The number of nitrogens with one attached hydrogen (secondary N) is 1. The van der Waals surface area contributed by atoms with Gasteiger partial charge in [-0.05, 0) is 31.2 Å². The Labute approximate surface area is 143 Å². The van der Waals surface area contributed by atoms with Gasteiger partial charge in [0.25, 0.3) is 5.91 Å². The van der Waals surface area contributed by atoms with Crippen LogP contribution in [0.25, 0.3) is 11.5 Å². The predicted molar refractivity (Wildman–Crippen MR) is 91.7 cm³/mol. The quantitative estimate of drug-likeness (QED) is 0.737. The van der Waals surface area contributed by atoms with E-state index in [1.807, 2.05) is 36.6 Å². The molecular formula is C17H16N2O4S. The second kappa shape index (κ2) is 7.18. The first-order chi connectivity index (χ1) is 11.7. The van der Waals surface area contributed by atoms with Gasteiger partial charge < -0.3 is 13.9 Å². The van der Waals surface area contributed by atoms with Crippen molar-refractivity contribution in [1.82, 2.24) is 4.98 Å². The highest BCUT2D eigenvalue weighted by Gasteiger charge is 2.11. The summed E-state index contributed by atoms with van der Waals surface area (Å²) in [7, 11) is 1.55. The lowest BCUT2D eigenvalue weighted by molar-refractivity contribution is -0.118. The van der Waals surface area contributed by atoms with Gasteiger partial charge in [0.05, 0.1) is 7.11 Å². The molecule has 0 aliphatic heterocycles. The third kappa shape index (κ3) is 3.75. The smallest absolute Gasteiger partial charge is 0.264 e. The number of carbonyl (C=O) groups is 1. The molecule has 0 bridgehead atoms. The minimum absolute atomic E-state index is 0.130. The number of aromatic nitrogens is 1. The van der Waals surface area contributed by atoms with E-state index < -0.39 is 0 Å². The number of amides is 1. The number of benzene rings is 1. The summed E-state index contributed by atoms with van der Waals surface area (Å²) in [5, 5.41) is 5.03. The van der Waals surface area contributed by atoms with E-state index in [4.69, 9.17) is 13.9 Å². The fourth-order valence-corrected chi connectivity index (χ4v) is 2.77. The number of carbonyl (C=O) groups excluding carboxylic acids is 1. The molecule has 0 aliphatic rings. The van der Waals surface area contributed by atoms with Gasteiger partial charge in [0.1, 0.15) is 11.5 Å². The highest BCUT2D eigenvalue weighted by Crippen LogP contribution is 2.27. The van der Waals surface area contributed by atoms with Crippen LogP contribution in [0.2, 0.25) is 0 Å². The lowest BCUT2D eigenvalue weighted by Crippen LogP contribution is -2.20. The maximum absolute atomic E-state index is 12.0. The number of nitrogens with zero attached hydrogens (tertiary/aromatic N) is 1. The third-order valence-corrected chi connectivity index (χ3v) is 3.93. The summed E-state index contributed by atoms with van der Waals surface area (Å²) in [5.41, 5.74) is 0.689. The lowest BCUT2D eigenvalue weighted by Gasteiger charge is -2.09. The first-order valence-electron chi connectivity index (χ1n) is 7.23. The molecule has 0 aliphatic carbocycles. The van der Waals surface area contributed by atoms with Crippen molar-refractivity contribution in [3.8, 4) is 23.0 Å². The fourth-order valence-electron chi connectivity index (χ4n) is 2.05. The molecule has 6 nitrogen and oxygen atoms in total. The van der Waals surface area contributed by atoms with Crippen molar-refractivity contribution in [3.63, 3.8) is 0 Å². The second-order valence-electron chi connectivity index (χ2n) is 4.94. The number of rotatable bonds is 6. The van der Waals surface area contributed by atoms with Gasteiger partial charge in [-0.25, -0.2) is 4.98 Å². The maximum Gasteiger partial charge on any atom is 0.264 e. The van der Waals surface area contributed by atoms with Gasteiger partial charge in [-0.2, -0.15) is 0 Å². The molecule has 0 atom stereocenters. The Kier molecular flexibility index (Phi) is 4.81. The molecule has 0 radical (unpaired) electrons. The summed E-state index contributed by atoms with van der Waals surface area (Å²) >= 11 is 1.33. The van der Waals surface area contributed by atoms with E-state index in [0.29, 0.717) is 28.1 Å². The van der Waals surface area contributed by atoms with Crippen molar-refractivity contribution in [2.45, 2.75) is 6.92 Å². The van der Waals surface area contributed by atoms with Crippen molar-refractivity contribution >= 4 is 22.4 Å². The predicted octanol–water partition coefficient (Wildman–Crippen LogP) is 3.74. The van der Waals surface area contributed by atoms with Crippen LogP contribution in [0.4, 0.5) is 5.13 Å². The van der Waals surface area contributed by atoms with Gasteiger partial charge in [-0.15, -0.1) is 11.3 Å². The maximum atomic E-state index is 12.0. The summed E-state index contributed by atoms with van der Waals surface area (Å²) in [6.45, 7) is 1.74. The van der Waals surface area contributed by atoms with Crippen LogP contribution in [0, 0.1) is 6.92 Å². The zero-order valence-electron chi connectivity index (χ0n) is 13.2. The molecule has 1 aromatic carbocycles. The van der Waals surface area contributed by atoms with E-state index in [9.17, 15) is 4.79 Å². The van der Waals surface area contributed by atoms with Crippen LogP contribution in [0.15, 0.2) is 46.2 Å². The number of furan rings is 1. The number of methoxy groups -OCH3 is 1. The van der Waals surface area contributed by atoms with Crippen molar-refractivity contribution in [1.29, 1.82) is 0 Å². The molecule has 1 N–H and O–H groups in total. The molecule has 0 unspecified atom stereocenters. The van der Waals surface area contributed by atoms with Crippen molar-refractivity contribution in [3.05, 3.63) is 47.5 Å². The Morgan fingerprint density at radius 3 is 2.75 bits per heavy atom. The number of aryl methyl sites for hydroxylation is 1. The van der Waals surface area contributed by atoms with Crippen molar-refractivity contribution < 1.29 is 18.7 Å². The molecule has 7 heteroatoms. The van der Waals surface area contributed by atoms with Gasteiger partial charge in [-0.3, -0.25) is 10.1 Å². The van der Waals surface area contributed by atoms with Crippen molar-refractivity contribution in [2.24, 2.45) is 0 Å². The van der Waals surface area contributed by atoms with Gasteiger partial charge >= 0.3 is 0 Å². The van der Waals surface area contributed by atoms with Crippen LogP contribution in [0.5, 0.6) is 11.5 Å².